The van der Waals surface area contributed by atoms with Crippen LogP contribution in [0.2, 0.25) is 15.2 Å². The molecule has 14 aromatic carbocycles. The van der Waals surface area contributed by atoms with Crippen molar-refractivity contribution in [3.8, 4) is 11.3 Å². The van der Waals surface area contributed by atoms with Crippen molar-refractivity contribution in [2.45, 2.75) is 27.7 Å². The largest absolute Gasteiger partial charge is 1.00 e. The molecule has 0 amide bonds. The van der Waals surface area contributed by atoms with Gasteiger partial charge in [0.2, 0.25) is 0 Å². The average Bonchev–Trinajstić information content (AvgIpc) is 0.895. The summed E-state index contributed by atoms with van der Waals surface area (Å²) in [5.41, 5.74) is 7.12. The minimum Gasteiger partial charge on any atom is -1.00 e. The van der Waals surface area contributed by atoms with E-state index in [2.05, 4.69) is 411 Å². The van der Waals surface area contributed by atoms with Crippen LogP contribution in [-0.2, 0) is 30.1 Å². The van der Waals surface area contributed by atoms with Crippen LogP contribution in [-0.4, -0.2) is 33.6 Å². The molecule has 580 valence electrons. The number of halogens is 3. The number of carbonyl (C=O) groups is 1. The number of aromatic nitrogens is 2. The predicted octanol–water partition coefficient (Wildman–Crippen LogP) is 12.7. The predicted molar refractivity (Wildman–Crippen MR) is 493 cm³/mol. The standard InChI is InChI=1S/4C18H15P.C13H12ClN.C8H11BO2.C5H3Cl2N.CH2O3.2K.Pd.H/c4*1-4-10-16(11-5-1)19(17-12-6-2-7-13-17)18-14-8-3-9-15-18;1-9-4-3-5-10(2)13(9)12-7-6-11(14)8-15-12;1-6-4-3-5-7(2)8(6)9(10)11;6-4-1-2-5(7)8-3-4;2-1-4-3;;;;/h4*1-15H;3-8H,1-2H3;3-5,10-11H,1-2H3;1-3H;1,3H;;;;/q;;;;;;;;2*+1;;-1/p-1. The molecule has 0 radical (unpaired) electrons. The van der Waals surface area contributed by atoms with Gasteiger partial charge in [-0.2, -0.15) is 0 Å². The van der Waals surface area contributed by atoms with Gasteiger partial charge in [-0.15, -0.1) is 0 Å². The third-order valence-electron chi connectivity index (χ3n) is 17.2. The minimum absolute atomic E-state index is 0. The van der Waals surface area contributed by atoms with Gasteiger partial charge < -0.3 is 21.6 Å². The van der Waals surface area contributed by atoms with Crippen molar-refractivity contribution < 1.29 is 150 Å². The number of hydrogen-bond donors (Lipinski definition) is 2. The van der Waals surface area contributed by atoms with Gasteiger partial charge >= 0.3 is 110 Å². The zero-order valence-corrected chi connectivity index (χ0v) is 79.6. The van der Waals surface area contributed by atoms with E-state index in [0.29, 0.717) is 20.7 Å². The Kier molecular flexibility index (Phi) is 48.1. The van der Waals surface area contributed by atoms with Crippen LogP contribution in [0.1, 0.15) is 23.7 Å². The van der Waals surface area contributed by atoms with Gasteiger partial charge in [-0.1, -0.05) is 446 Å². The van der Waals surface area contributed by atoms with Crippen LogP contribution in [0.3, 0.4) is 0 Å². The summed E-state index contributed by atoms with van der Waals surface area (Å²) in [6, 6.07) is 148. The first-order chi connectivity index (χ1) is 55.8. The fraction of sp³-hybridized carbons (Fsp3) is 0.0404. The van der Waals surface area contributed by atoms with Crippen molar-refractivity contribution in [1.82, 2.24) is 9.97 Å². The molecule has 2 heterocycles. The van der Waals surface area contributed by atoms with Crippen LogP contribution in [0, 0.1) is 27.7 Å². The molecule has 0 atom stereocenters. The molecule has 18 heteroatoms. The first-order valence-electron chi connectivity index (χ1n) is 36.7. The molecule has 0 spiro atoms. The SMILES string of the molecule is Cc1cccc(C)c1-c1ccc(Cl)cn1.Cc1cccc(C)c1B(O)O.Clc1ccc(Cl)nc1.O=CO[O-].[H-].[K+].[K+].[Pd].c1ccc(P(c2ccccc2)c2ccccc2)cc1.c1ccc(P(c2ccccc2)c2ccccc2)cc1.c1ccc(P(c2ccccc2)c2ccccc2)cc1.c1ccc(P(c2ccccc2)c2ccccc2)cc1. The summed E-state index contributed by atoms with van der Waals surface area (Å²) in [6.45, 7) is 7.74. The van der Waals surface area contributed by atoms with Gasteiger partial charge in [-0.25, -0.2) is 4.98 Å². The molecular formula is C99H88BCl3K2N2O5P4Pd. The Morgan fingerprint density at radius 1 is 0.299 bits per heavy atom. The molecule has 0 aliphatic rings. The Labute approximate surface area is 811 Å². The van der Waals surface area contributed by atoms with Crippen molar-refractivity contribution in [3.63, 3.8) is 0 Å². The van der Waals surface area contributed by atoms with Crippen LogP contribution in [0.5, 0.6) is 0 Å². The topological polar surface area (TPSA) is 116 Å². The maximum atomic E-state index is 8.94. The zero-order valence-electron chi connectivity index (χ0n) is 67.0. The van der Waals surface area contributed by atoms with E-state index in [9.17, 15) is 0 Å². The van der Waals surface area contributed by atoms with Crippen molar-refractivity contribution >= 4 is 149 Å². The summed E-state index contributed by atoms with van der Waals surface area (Å²) in [5.74, 6) is 0. The molecule has 0 fully saturated rings. The number of pyridine rings is 2. The van der Waals surface area contributed by atoms with Crippen molar-refractivity contribution in [3.05, 3.63) is 474 Å². The van der Waals surface area contributed by atoms with E-state index in [0.717, 1.165) is 16.8 Å². The van der Waals surface area contributed by atoms with Crippen LogP contribution < -0.4 is 177 Å². The second-order valence-electron chi connectivity index (χ2n) is 25.2. The number of benzene rings is 14. The summed E-state index contributed by atoms with van der Waals surface area (Å²) in [6.07, 6.45) is 3.19. The molecule has 0 saturated carbocycles. The fourth-order valence-corrected chi connectivity index (χ4v) is 21.6. The van der Waals surface area contributed by atoms with Crippen molar-refractivity contribution in [2.24, 2.45) is 0 Å². The second-order valence-corrected chi connectivity index (χ2v) is 35.3. The van der Waals surface area contributed by atoms with E-state index in [4.69, 9.17) is 54.9 Å². The molecule has 7 nitrogen and oxygen atoms in total. The number of carbonyl (C=O) groups excluding carboxylic acids is 1. The molecule has 0 saturated heterocycles. The van der Waals surface area contributed by atoms with Gasteiger partial charge in [-0.3, -0.25) is 9.78 Å². The van der Waals surface area contributed by atoms with Gasteiger partial charge in [0.05, 0.1) is 15.7 Å². The van der Waals surface area contributed by atoms with Crippen LogP contribution >= 0.6 is 66.5 Å². The zero-order chi connectivity index (χ0) is 80.3. The molecule has 2 aromatic heterocycles. The Hall–Kier alpha value is -6.68. The van der Waals surface area contributed by atoms with E-state index in [-0.39, 0.29) is 131 Å². The Morgan fingerprint density at radius 2 is 0.487 bits per heavy atom. The smallest absolute Gasteiger partial charge is 1.00 e. The van der Waals surface area contributed by atoms with E-state index in [1.54, 1.807) is 18.3 Å². The normalized spacial score (nSPS) is 9.93. The van der Waals surface area contributed by atoms with E-state index in [1.807, 2.05) is 44.2 Å². The molecule has 16 rings (SSSR count). The number of hydrogen-bond acceptors (Lipinski definition) is 7. The molecule has 0 aliphatic heterocycles. The Bertz CT molecular complexity index is 4430. The summed E-state index contributed by atoms with van der Waals surface area (Å²) in [4.78, 5) is 19.3. The fourth-order valence-electron chi connectivity index (χ4n) is 12.0. The Balaban J connectivity index is 0.000000245. The quantitative estimate of drug-likeness (QED) is 0.0262. The summed E-state index contributed by atoms with van der Waals surface area (Å²) < 4.78 is 0. The summed E-state index contributed by atoms with van der Waals surface area (Å²) >= 11 is 16.7. The molecule has 0 aliphatic carbocycles. The van der Waals surface area contributed by atoms with Crippen LogP contribution in [0.15, 0.2) is 437 Å². The number of rotatable bonds is 15. The molecule has 117 heavy (non-hydrogen) atoms. The molecule has 16 aromatic rings. The number of aryl methyl sites for hydroxylation is 4. The first kappa shape index (κ1) is 99.1. The van der Waals surface area contributed by atoms with Crippen molar-refractivity contribution in [2.75, 3.05) is 0 Å². The minimum atomic E-state index is -1.35. The second kappa shape index (κ2) is 56.8. The summed E-state index contributed by atoms with van der Waals surface area (Å²) in [5, 5.41) is 44.8. The van der Waals surface area contributed by atoms with Crippen LogP contribution in [0.4, 0.5) is 0 Å². The average molecular weight is 1810 g/mol. The number of nitrogens with zero attached hydrogens (tertiary/aromatic N) is 2. The van der Waals surface area contributed by atoms with Gasteiger partial charge in [0.15, 0.2) is 0 Å². The third kappa shape index (κ3) is 33.3. The maximum Gasteiger partial charge on any atom is 1.00 e. The van der Waals surface area contributed by atoms with Crippen LogP contribution in [0.25, 0.3) is 11.3 Å². The monoisotopic (exact) mass is 1810 g/mol. The first-order valence-corrected chi connectivity index (χ1v) is 43.2. The van der Waals surface area contributed by atoms with Gasteiger partial charge in [0.1, 0.15) is 5.15 Å². The third-order valence-corrected chi connectivity index (χ3v) is 27.6. The molecule has 2 N–H and O–H groups in total. The van der Waals surface area contributed by atoms with E-state index >= 15 is 0 Å². The van der Waals surface area contributed by atoms with Gasteiger partial charge in [-0.05, 0) is 164 Å². The summed E-state index contributed by atoms with van der Waals surface area (Å²) in [7, 11) is -3.13. The maximum absolute atomic E-state index is 8.94. The molecule has 0 unspecified atom stereocenters. The molecule has 0 bridgehead atoms. The van der Waals surface area contributed by atoms with Gasteiger partial charge in [0.25, 0.3) is 6.47 Å². The van der Waals surface area contributed by atoms with E-state index < -0.39 is 38.8 Å². The molecular weight excluding hydrogens is 1720 g/mol. The van der Waals surface area contributed by atoms with Gasteiger partial charge in [0, 0.05) is 38.4 Å². The van der Waals surface area contributed by atoms with E-state index in [1.165, 1.54) is 86.5 Å². The van der Waals surface area contributed by atoms with Crippen molar-refractivity contribution in [1.29, 1.82) is 0 Å². The Morgan fingerprint density at radius 3 is 0.632 bits per heavy atom.